The summed E-state index contributed by atoms with van der Waals surface area (Å²) in [5.41, 5.74) is -1.91. The van der Waals surface area contributed by atoms with Gasteiger partial charge in [-0.25, -0.2) is 15.7 Å². The maximum atomic E-state index is 12.9. The van der Waals surface area contributed by atoms with Gasteiger partial charge in [-0.3, -0.25) is 6.58 Å². The Labute approximate surface area is 203 Å². The van der Waals surface area contributed by atoms with Gasteiger partial charge in [0.25, 0.3) is 0 Å². The van der Waals surface area contributed by atoms with Gasteiger partial charge in [0.05, 0.1) is 7.11 Å². The average molecular weight is 463 g/mol. The summed E-state index contributed by atoms with van der Waals surface area (Å²) in [4.78, 5) is 35.0. The largest absolute Gasteiger partial charge is 1.00 e. The second-order valence-corrected chi connectivity index (χ2v) is 7.18. The molecule has 0 bridgehead atoms. The van der Waals surface area contributed by atoms with E-state index in [1.807, 2.05) is 0 Å². The molecule has 1 atom stereocenters. The number of benzene rings is 1. The molecule has 7 nitrogen and oxygen atoms in total. The number of nitrogens with one attached hydrogen (secondary N) is 1. The van der Waals surface area contributed by atoms with Crippen LogP contribution in [0.1, 0.15) is 26.3 Å². The van der Waals surface area contributed by atoms with Gasteiger partial charge in [-0.05, 0) is 38.5 Å². The van der Waals surface area contributed by atoms with Crippen molar-refractivity contribution in [2.24, 2.45) is 0 Å². The first-order valence-corrected chi connectivity index (χ1v) is 8.89. The predicted molar refractivity (Wildman–Crippen MR) is 110 cm³/mol. The van der Waals surface area contributed by atoms with Gasteiger partial charge in [-0.1, -0.05) is 17.7 Å². The molecule has 1 aromatic carbocycles. The van der Waals surface area contributed by atoms with E-state index in [1.54, 1.807) is 20.8 Å². The fraction of sp³-hybridized carbons (Fsp3) is 0.364. The van der Waals surface area contributed by atoms with E-state index >= 15 is 0 Å². The third-order valence-corrected chi connectivity index (χ3v) is 3.54. The van der Waals surface area contributed by atoms with E-state index in [2.05, 4.69) is 10.1 Å². The zero-order chi connectivity index (χ0) is 23.8. The molecule has 0 radical (unpaired) electrons. The summed E-state index contributed by atoms with van der Waals surface area (Å²) in [6.07, 6.45) is -4.61. The van der Waals surface area contributed by atoms with Crippen molar-refractivity contribution in [1.82, 2.24) is 5.32 Å². The molecule has 178 valence electrons. The summed E-state index contributed by atoms with van der Waals surface area (Å²) in [5.74, 6) is -2.06. The van der Waals surface area contributed by atoms with Crippen LogP contribution in [-0.4, -0.2) is 43.3 Å². The Kier molecular flexibility index (Phi) is 13.5. The number of alkyl halides is 3. The third kappa shape index (κ3) is 11.1. The molecule has 1 N–H and O–H groups in total. The van der Waals surface area contributed by atoms with Crippen molar-refractivity contribution in [3.8, 4) is 5.75 Å². The number of halogens is 3. The quantitative estimate of drug-likeness (QED) is 0.155. The number of hydrogen-bond donors (Lipinski definition) is 1. The first kappa shape index (κ1) is 32.5. The standard InChI is InChI=1S/C21H22F3NO6.CH3.Li/c1-6-15(21(22,23)24)17(12-26)30-14-9-7-8-13(10-14)11-16(18(27)29-5)25-19(28)31-20(2,3)4;;/h1,6-10,16H,11H2,2-5H3,(H,25,28);1H3;/q-2;-1;+1/b17-15-;;/t16-;;/m0../s1. The van der Waals surface area contributed by atoms with Crippen molar-refractivity contribution < 1.29 is 60.6 Å². The molecule has 1 aromatic rings. The Morgan fingerprint density at radius 2 is 1.85 bits per heavy atom. The van der Waals surface area contributed by atoms with Crippen LogP contribution < -0.4 is 28.9 Å². The molecule has 1 amide bonds. The van der Waals surface area contributed by atoms with E-state index in [0.29, 0.717) is 5.56 Å². The van der Waals surface area contributed by atoms with Crippen LogP contribution in [0.25, 0.3) is 0 Å². The van der Waals surface area contributed by atoms with E-state index in [9.17, 15) is 27.6 Å². The van der Waals surface area contributed by atoms with E-state index in [-0.39, 0.29) is 44.5 Å². The maximum Gasteiger partial charge on any atom is 1.00 e. The minimum Gasteiger partial charge on any atom is -0.492 e. The van der Waals surface area contributed by atoms with Gasteiger partial charge in [-0.15, -0.1) is 0 Å². The number of amides is 1. The van der Waals surface area contributed by atoms with Crippen LogP contribution in [0.5, 0.6) is 5.75 Å². The minimum atomic E-state index is -4.92. The van der Waals surface area contributed by atoms with Gasteiger partial charge in [0.1, 0.15) is 17.4 Å². The number of ether oxygens (including phenoxy) is 3. The molecule has 0 aliphatic rings. The fourth-order valence-corrected chi connectivity index (χ4v) is 2.30. The first-order valence-electron chi connectivity index (χ1n) is 8.89. The van der Waals surface area contributed by atoms with Gasteiger partial charge in [0, 0.05) is 18.5 Å². The molecule has 0 spiro atoms. The molecule has 0 aromatic heterocycles. The summed E-state index contributed by atoms with van der Waals surface area (Å²) in [6.45, 7) is 9.89. The van der Waals surface area contributed by atoms with Crippen LogP contribution in [0.2, 0.25) is 0 Å². The summed E-state index contributed by atoms with van der Waals surface area (Å²) in [5, 5.41) is 2.37. The molecule has 0 fully saturated rings. The predicted octanol–water partition coefficient (Wildman–Crippen LogP) is 1.04. The monoisotopic (exact) mass is 463 g/mol. The third-order valence-electron chi connectivity index (χ3n) is 3.54. The Balaban J connectivity index is 0. The molecule has 33 heavy (non-hydrogen) atoms. The molecular formula is C22H25F3LiNO6-2. The number of rotatable bonds is 8. The number of alkyl carbamates (subject to hydrolysis) is 1. The van der Waals surface area contributed by atoms with E-state index < -0.39 is 41.2 Å². The van der Waals surface area contributed by atoms with Gasteiger partial charge in [-0.2, -0.15) is 13.2 Å². The van der Waals surface area contributed by atoms with Crippen LogP contribution in [0, 0.1) is 14.0 Å². The Hall–Kier alpha value is -2.70. The zero-order valence-corrected chi connectivity index (χ0v) is 19.3. The van der Waals surface area contributed by atoms with Crippen molar-refractivity contribution in [3.05, 3.63) is 61.2 Å². The normalized spacial score (nSPS) is 12.6. The van der Waals surface area contributed by atoms with Gasteiger partial charge in [0.15, 0.2) is 0 Å². The van der Waals surface area contributed by atoms with Crippen molar-refractivity contribution in [1.29, 1.82) is 0 Å². The Morgan fingerprint density at radius 3 is 2.30 bits per heavy atom. The second kappa shape index (κ2) is 13.8. The van der Waals surface area contributed by atoms with Crippen molar-refractivity contribution in [3.63, 3.8) is 0 Å². The van der Waals surface area contributed by atoms with E-state index in [0.717, 1.165) is 13.4 Å². The molecule has 0 aliphatic heterocycles. The smallest absolute Gasteiger partial charge is 0.492 e. The molecule has 0 unspecified atom stereocenters. The number of carbonyl (C=O) groups excluding carboxylic acids is 3. The van der Waals surface area contributed by atoms with Crippen molar-refractivity contribution in [2.75, 3.05) is 7.11 Å². The summed E-state index contributed by atoms with van der Waals surface area (Å²) in [7, 11) is 1.13. The van der Waals surface area contributed by atoms with E-state index in [1.165, 1.54) is 24.3 Å². The summed E-state index contributed by atoms with van der Waals surface area (Å²) < 4.78 is 53.6. The molecule has 0 saturated heterocycles. The number of allylic oxidation sites excluding steroid dienone is 3. The first-order chi connectivity index (χ1) is 14.3. The topological polar surface area (TPSA) is 90.9 Å². The Morgan fingerprint density at radius 1 is 1.24 bits per heavy atom. The summed E-state index contributed by atoms with van der Waals surface area (Å²) in [6, 6.07) is 4.39. The van der Waals surface area contributed by atoms with Crippen LogP contribution in [0.15, 0.2) is 41.7 Å². The van der Waals surface area contributed by atoms with Crippen molar-refractivity contribution in [2.45, 2.75) is 45.0 Å². The van der Waals surface area contributed by atoms with Gasteiger partial charge >= 0.3 is 37.1 Å². The molecule has 11 heteroatoms. The molecular weight excluding hydrogens is 438 g/mol. The van der Waals surface area contributed by atoms with Crippen LogP contribution in [0.3, 0.4) is 0 Å². The number of methoxy groups -OCH3 is 1. The molecule has 0 aliphatic carbocycles. The van der Waals surface area contributed by atoms with E-state index in [4.69, 9.17) is 16.1 Å². The van der Waals surface area contributed by atoms with Crippen LogP contribution >= 0.6 is 0 Å². The average Bonchev–Trinajstić information content (AvgIpc) is 2.64. The van der Waals surface area contributed by atoms with Crippen molar-refractivity contribution >= 4 is 18.3 Å². The SMILES string of the molecule is [CH-]=C/C(=C(\[C-]=O)Oc1cccc(C[C@H](NC(=O)OC(C)(C)C)C(=O)OC)c1)C(F)(F)F.[CH3-].[Li+]. The zero-order valence-electron chi connectivity index (χ0n) is 19.3. The van der Waals surface area contributed by atoms with Gasteiger partial charge in [0.2, 0.25) is 0 Å². The van der Waals surface area contributed by atoms with Crippen LogP contribution in [-0.2, 0) is 25.5 Å². The summed E-state index contributed by atoms with van der Waals surface area (Å²) >= 11 is 0. The Bertz CT molecular complexity index is 862. The molecule has 0 heterocycles. The van der Waals surface area contributed by atoms with Gasteiger partial charge < -0.3 is 31.7 Å². The number of hydrogen-bond acceptors (Lipinski definition) is 6. The fourth-order valence-electron chi connectivity index (χ4n) is 2.30. The minimum absolute atomic E-state index is 0. The number of esters is 1. The molecule has 0 saturated carbocycles. The number of carbonyl (C=O) groups is 2. The van der Waals surface area contributed by atoms with Crippen LogP contribution in [0.4, 0.5) is 18.0 Å². The second-order valence-electron chi connectivity index (χ2n) is 7.18. The maximum absolute atomic E-state index is 12.9. The molecule has 1 rings (SSSR count).